The van der Waals surface area contributed by atoms with E-state index in [0.29, 0.717) is 25.9 Å². The van der Waals surface area contributed by atoms with E-state index in [1.54, 1.807) is 15.8 Å². The molecule has 0 saturated carbocycles. The van der Waals surface area contributed by atoms with Crippen LogP contribution in [-0.2, 0) is 10.3 Å². The third-order valence-corrected chi connectivity index (χ3v) is 4.95. The number of carboxylic acids is 1. The van der Waals surface area contributed by atoms with Gasteiger partial charge in [0, 0.05) is 30.9 Å². The summed E-state index contributed by atoms with van der Waals surface area (Å²) in [6.45, 7) is 6.32. The number of carbonyl (C=O) groups excluding carboxylic acids is 1. The van der Waals surface area contributed by atoms with Crippen molar-refractivity contribution in [3.8, 4) is 11.3 Å². The molecule has 1 saturated heterocycles. The average Bonchev–Trinajstić information content (AvgIpc) is 3.06. The molecule has 1 N–H and O–H groups in total. The average molecular weight is 391 g/mol. The van der Waals surface area contributed by atoms with Crippen molar-refractivity contribution in [3.63, 3.8) is 0 Å². The molecule has 1 amide bonds. The number of aliphatic carboxylic acids is 1. The fraction of sp³-hybridized carbons (Fsp3) is 0.450. The molecule has 6 nitrogen and oxygen atoms in total. The van der Waals surface area contributed by atoms with Crippen molar-refractivity contribution >= 4 is 11.9 Å². The zero-order valence-corrected chi connectivity index (χ0v) is 16.1. The summed E-state index contributed by atoms with van der Waals surface area (Å²) in [7, 11) is 0. The number of carboxylic acid groups (broad SMARTS) is 1. The largest absolute Gasteiger partial charge is 0.481 e. The predicted octanol–water partition coefficient (Wildman–Crippen LogP) is 3.52. The second-order valence-corrected chi connectivity index (χ2v) is 8.04. The van der Waals surface area contributed by atoms with Gasteiger partial charge in [-0.25, -0.2) is 8.78 Å². The van der Waals surface area contributed by atoms with Gasteiger partial charge in [0.15, 0.2) is 0 Å². The molecule has 1 aliphatic heterocycles. The maximum atomic E-state index is 14.4. The SMILES string of the molecule is CC(C)(C)n1cc(C(=O)N2CCC(C(=O)O)CC2)c(-c2ccc(F)cc2F)n1. The lowest BCUT2D eigenvalue weighted by atomic mass is 9.96. The fourth-order valence-corrected chi connectivity index (χ4v) is 3.25. The van der Waals surface area contributed by atoms with Crippen LogP contribution in [0.15, 0.2) is 24.4 Å². The van der Waals surface area contributed by atoms with E-state index in [0.717, 1.165) is 12.1 Å². The van der Waals surface area contributed by atoms with Crippen LogP contribution in [0.1, 0.15) is 44.0 Å². The molecule has 2 heterocycles. The zero-order valence-electron chi connectivity index (χ0n) is 16.1. The Morgan fingerprint density at radius 3 is 2.36 bits per heavy atom. The summed E-state index contributed by atoms with van der Waals surface area (Å²) in [5.74, 6) is -3.16. The van der Waals surface area contributed by atoms with Crippen LogP contribution in [0.3, 0.4) is 0 Å². The van der Waals surface area contributed by atoms with E-state index in [1.165, 1.54) is 6.07 Å². The Labute approximate surface area is 161 Å². The number of aromatic nitrogens is 2. The highest BCUT2D eigenvalue weighted by atomic mass is 19.1. The van der Waals surface area contributed by atoms with Gasteiger partial charge in [-0.15, -0.1) is 0 Å². The normalized spacial score (nSPS) is 15.7. The number of halogens is 2. The van der Waals surface area contributed by atoms with Crippen molar-refractivity contribution in [2.75, 3.05) is 13.1 Å². The molecular weight excluding hydrogens is 368 g/mol. The molecule has 0 aliphatic carbocycles. The molecule has 28 heavy (non-hydrogen) atoms. The number of amides is 1. The smallest absolute Gasteiger partial charge is 0.306 e. The van der Waals surface area contributed by atoms with Crippen molar-refractivity contribution in [3.05, 3.63) is 41.6 Å². The highest BCUT2D eigenvalue weighted by molar-refractivity contribution is 6.00. The van der Waals surface area contributed by atoms with Crippen LogP contribution < -0.4 is 0 Å². The standard InChI is InChI=1S/C20H23F2N3O3/c1-20(2,3)25-11-15(17(23-25)14-5-4-13(21)10-16(14)22)18(26)24-8-6-12(7-9-24)19(27)28/h4-5,10-12H,6-9H2,1-3H3,(H,27,28). The molecular formula is C20H23F2N3O3. The van der Waals surface area contributed by atoms with E-state index in [1.807, 2.05) is 20.8 Å². The van der Waals surface area contributed by atoms with Gasteiger partial charge in [-0.05, 0) is 45.7 Å². The summed E-state index contributed by atoms with van der Waals surface area (Å²) in [4.78, 5) is 25.8. The fourth-order valence-electron chi connectivity index (χ4n) is 3.25. The van der Waals surface area contributed by atoms with E-state index in [-0.39, 0.29) is 22.7 Å². The molecule has 0 unspecified atom stereocenters. The lowest BCUT2D eigenvalue weighted by Gasteiger charge is -2.30. The zero-order chi connectivity index (χ0) is 20.6. The second-order valence-electron chi connectivity index (χ2n) is 8.04. The molecule has 1 fully saturated rings. The maximum Gasteiger partial charge on any atom is 0.306 e. The van der Waals surface area contributed by atoms with Crippen molar-refractivity contribution in [2.45, 2.75) is 39.2 Å². The lowest BCUT2D eigenvalue weighted by molar-refractivity contribution is -0.143. The number of likely N-dealkylation sites (tertiary alicyclic amines) is 1. The third kappa shape index (κ3) is 3.90. The molecule has 2 aromatic rings. The molecule has 1 aromatic carbocycles. The molecule has 150 valence electrons. The number of benzene rings is 1. The number of rotatable bonds is 3. The van der Waals surface area contributed by atoms with E-state index in [4.69, 9.17) is 5.11 Å². The summed E-state index contributed by atoms with van der Waals surface area (Å²) in [6.07, 6.45) is 2.31. The molecule has 8 heteroatoms. The van der Waals surface area contributed by atoms with Crippen molar-refractivity contribution in [1.82, 2.24) is 14.7 Å². The van der Waals surface area contributed by atoms with Crippen LogP contribution in [0.2, 0.25) is 0 Å². The van der Waals surface area contributed by atoms with Gasteiger partial charge in [0.1, 0.15) is 17.3 Å². The van der Waals surface area contributed by atoms with Crippen molar-refractivity contribution < 1.29 is 23.5 Å². The van der Waals surface area contributed by atoms with Crippen LogP contribution in [-0.4, -0.2) is 44.8 Å². The minimum Gasteiger partial charge on any atom is -0.481 e. The minimum atomic E-state index is -0.860. The maximum absolute atomic E-state index is 14.4. The van der Waals surface area contributed by atoms with Crippen LogP contribution in [0.4, 0.5) is 8.78 Å². The van der Waals surface area contributed by atoms with Gasteiger partial charge in [0.25, 0.3) is 5.91 Å². The molecule has 0 bridgehead atoms. The molecule has 0 spiro atoms. The predicted molar refractivity (Wildman–Crippen MR) is 98.8 cm³/mol. The van der Waals surface area contributed by atoms with E-state index in [2.05, 4.69) is 5.10 Å². The minimum absolute atomic E-state index is 0.0492. The summed E-state index contributed by atoms with van der Waals surface area (Å²) in [5, 5.41) is 13.5. The van der Waals surface area contributed by atoms with Gasteiger partial charge in [-0.2, -0.15) is 5.10 Å². The topological polar surface area (TPSA) is 75.4 Å². The number of hydrogen-bond acceptors (Lipinski definition) is 3. The number of nitrogens with zero attached hydrogens (tertiary/aromatic N) is 3. The molecule has 1 aliphatic rings. The first kappa shape index (κ1) is 20.0. The first-order valence-corrected chi connectivity index (χ1v) is 9.15. The Balaban J connectivity index is 1.99. The third-order valence-electron chi connectivity index (χ3n) is 4.95. The highest BCUT2D eigenvalue weighted by Crippen LogP contribution is 2.30. The van der Waals surface area contributed by atoms with E-state index < -0.39 is 29.1 Å². The number of carbonyl (C=O) groups is 2. The van der Waals surface area contributed by atoms with Crippen LogP contribution >= 0.6 is 0 Å². The Morgan fingerprint density at radius 2 is 1.82 bits per heavy atom. The molecule has 3 rings (SSSR count). The van der Waals surface area contributed by atoms with Gasteiger partial charge >= 0.3 is 5.97 Å². The summed E-state index contributed by atoms with van der Waals surface area (Å²) in [6, 6.07) is 3.16. The number of hydrogen-bond donors (Lipinski definition) is 1. The monoisotopic (exact) mass is 391 g/mol. The summed E-state index contributed by atoms with van der Waals surface area (Å²) >= 11 is 0. The first-order chi connectivity index (χ1) is 13.1. The highest BCUT2D eigenvalue weighted by Gasteiger charge is 2.31. The molecule has 0 atom stereocenters. The number of piperidine rings is 1. The second kappa shape index (κ2) is 7.33. The first-order valence-electron chi connectivity index (χ1n) is 9.15. The van der Waals surface area contributed by atoms with Gasteiger partial charge in [-0.1, -0.05) is 0 Å². The quantitative estimate of drug-likeness (QED) is 0.869. The van der Waals surface area contributed by atoms with Crippen molar-refractivity contribution in [1.29, 1.82) is 0 Å². The van der Waals surface area contributed by atoms with E-state index in [9.17, 15) is 18.4 Å². The molecule has 1 aromatic heterocycles. The summed E-state index contributed by atoms with van der Waals surface area (Å²) < 4.78 is 29.3. The molecule has 0 radical (unpaired) electrons. The van der Waals surface area contributed by atoms with E-state index >= 15 is 0 Å². The van der Waals surface area contributed by atoms with Gasteiger partial charge in [0.05, 0.1) is 17.0 Å². The van der Waals surface area contributed by atoms with Gasteiger partial charge < -0.3 is 10.0 Å². The Bertz CT molecular complexity index is 910. The van der Waals surface area contributed by atoms with Gasteiger partial charge in [0.2, 0.25) is 0 Å². The lowest BCUT2D eigenvalue weighted by Crippen LogP contribution is -2.40. The van der Waals surface area contributed by atoms with Gasteiger partial charge in [-0.3, -0.25) is 14.3 Å². The Morgan fingerprint density at radius 1 is 1.18 bits per heavy atom. The Hall–Kier alpha value is -2.77. The van der Waals surface area contributed by atoms with Crippen LogP contribution in [0.25, 0.3) is 11.3 Å². The van der Waals surface area contributed by atoms with Crippen LogP contribution in [0, 0.1) is 17.6 Å². The van der Waals surface area contributed by atoms with Crippen LogP contribution in [0.5, 0.6) is 0 Å². The Kier molecular flexibility index (Phi) is 5.23. The van der Waals surface area contributed by atoms with Crippen molar-refractivity contribution in [2.24, 2.45) is 5.92 Å². The summed E-state index contributed by atoms with van der Waals surface area (Å²) in [5.41, 5.74) is -0.0275.